The van der Waals surface area contributed by atoms with E-state index in [-0.39, 0.29) is 23.5 Å². The lowest BCUT2D eigenvalue weighted by Crippen LogP contribution is -2.41. The number of likely N-dealkylation sites (tertiary alicyclic amines) is 1. The molecule has 1 aromatic carbocycles. The van der Waals surface area contributed by atoms with Crippen molar-refractivity contribution in [2.75, 3.05) is 25.4 Å². The second-order valence-electron chi connectivity index (χ2n) is 6.43. The van der Waals surface area contributed by atoms with Gasteiger partial charge in [-0.05, 0) is 38.8 Å². The van der Waals surface area contributed by atoms with Crippen LogP contribution in [-0.2, 0) is 14.3 Å². The maximum atomic E-state index is 12.4. The minimum absolute atomic E-state index is 0.0115. The van der Waals surface area contributed by atoms with Crippen molar-refractivity contribution in [3.8, 4) is 11.5 Å². The lowest BCUT2D eigenvalue weighted by molar-refractivity contribution is -0.151. The zero-order valence-electron chi connectivity index (χ0n) is 15.5. The van der Waals surface area contributed by atoms with Crippen molar-refractivity contribution < 1.29 is 18.7 Å². The summed E-state index contributed by atoms with van der Waals surface area (Å²) in [5.74, 6) is 0.431. The summed E-state index contributed by atoms with van der Waals surface area (Å²) in [5, 5.41) is 8.42. The molecule has 1 saturated heterocycles. The lowest BCUT2D eigenvalue weighted by atomic mass is 9.97. The van der Waals surface area contributed by atoms with E-state index >= 15 is 0 Å². The van der Waals surface area contributed by atoms with Crippen molar-refractivity contribution in [1.29, 1.82) is 0 Å². The van der Waals surface area contributed by atoms with Gasteiger partial charge in [0.25, 0.3) is 5.22 Å². The second kappa shape index (κ2) is 9.03. The number of esters is 1. The monoisotopic (exact) mass is 389 g/mol. The summed E-state index contributed by atoms with van der Waals surface area (Å²) in [4.78, 5) is 25.9. The fourth-order valence-corrected chi connectivity index (χ4v) is 3.59. The Balaban J connectivity index is 1.47. The number of hydrogen-bond acceptors (Lipinski definition) is 7. The number of carbonyl (C=O) groups is 2. The van der Waals surface area contributed by atoms with E-state index in [9.17, 15) is 9.59 Å². The third kappa shape index (κ3) is 5.09. The van der Waals surface area contributed by atoms with Gasteiger partial charge in [0.05, 0.1) is 18.3 Å². The Hall–Kier alpha value is -2.35. The van der Waals surface area contributed by atoms with Gasteiger partial charge in [-0.1, -0.05) is 29.5 Å². The molecule has 0 aliphatic carbocycles. The molecular weight excluding hydrogens is 366 g/mol. The Bertz CT molecular complexity index is 783. The first-order valence-corrected chi connectivity index (χ1v) is 10.0. The molecule has 1 aromatic heterocycles. The van der Waals surface area contributed by atoms with Crippen molar-refractivity contribution in [1.82, 2.24) is 15.1 Å². The van der Waals surface area contributed by atoms with Crippen LogP contribution in [0.25, 0.3) is 11.5 Å². The minimum atomic E-state index is -0.159. The van der Waals surface area contributed by atoms with Crippen LogP contribution in [-0.4, -0.2) is 52.4 Å². The molecule has 3 rings (SSSR count). The van der Waals surface area contributed by atoms with Crippen molar-refractivity contribution in [3.05, 3.63) is 29.8 Å². The molecule has 144 valence electrons. The molecule has 2 heterocycles. The number of piperidine rings is 1. The minimum Gasteiger partial charge on any atom is -0.466 e. The Morgan fingerprint density at radius 3 is 2.59 bits per heavy atom. The Kier molecular flexibility index (Phi) is 6.49. The van der Waals surface area contributed by atoms with Crippen molar-refractivity contribution in [3.63, 3.8) is 0 Å². The molecule has 1 fully saturated rings. The average molecular weight is 389 g/mol. The quantitative estimate of drug-likeness (QED) is 0.554. The molecule has 1 aliphatic heterocycles. The van der Waals surface area contributed by atoms with Crippen LogP contribution >= 0.6 is 11.8 Å². The molecule has 0 N–H and O–H groups in total. The molecule has 27 heavy (non-hydrogen) atoms. The number of benzene rings is 1. The van der Waals surface area contributed by atoms with E-state index in [0.717, 1.165) is 11.1 Å². The molecular formula is C19H23N3O4S. The highest BCUT2D eigenvalue weighted by molar-refractivity contribution is 7.99. The van der Waals surface area contributed by atoms with Gasteiger partial charge in [0.15, 0.2) is 0 Å². The Morgan fingerprint density at radius 1 is 1.22 bits per heavy atom. The van der Waals surface area contributed by atoms with Gasteiger partial charge in [-0.3, -0.25) is 9.59 Å². The Labute approximate surface area is 162 Å². The summed E-state index contributed by atoms with van der Waals surface area (Å²) < 4.78 is 10.7. The fraction of sp³-hybridized carbons (Fsp3) is 0.474. The van der Waals surface area contributed by atoms with E-state index < -0.39 is 0 Å². The highest BCUT2D eigenvalue weighted by Gasteiger charge is 2.28. The molecule has 0 spiro atoms. The number of aryl methyl sites for hydroxylation is 1. The summed E-state index contributed by atoms with van der Waals surface area (Å²) >= 11 is 1.23. The first-order valence-electron chi connectivity index (χ1n) is 9.04. The van der Waals surface area contributed by atoms with Crippen LogP contribution in [0.1, 0.15) is 25.3 Å². The average Bonchev–Trinajstić information content (AvgIpc) is 3.16. The summed E-state index contributed by atoms with van der Waals surface area (Å²) in [5.41, 5.74) is 2.01. The summed E-state index contributed by atoms with van der Waals surface area (Å²) in [7, 11) is 0. The van der Waals surface area contributed by atoms with Gasteiger partial charge >= 0.3 is 5.97 Å². The fourth-order valence-electron chi connectivity index (χ4n) is 2.92. The van der Waals surface area contributed by atoms with E-state index in [4.69, 9.17) is 9.15 Å². The van der Waals surface area contributed by atoms with Gasteiger partial charge < -0.3 is 14.1 Å². The molecule has 0 unspecified atom stereocenters. The predicted molar refractivity (Wildman–Crippen MR) is 101 cm³/mol. The van der Waals surface area contributed by atoms with Gasteiger partial charge in [0.2, 0.25) is 11.8 Å². The van der Waals surface area contributed by atoms with Crippen LogP contribution in [0.5, 0.6) is 0 Å². The van der Waals surface area contributed by atoms with E-state index in [0.29, 0.717) is 43.7 Å². The third-order valence-corrected chi connectivity index (χ3v) is 5.29. The molecule has 0 radical (unpaired) electrons. The smallest absolute Gasteiger partial charge is 0.309 e. The summed E-state index contributed by atoms with van der Waals surface area (Å²) in [6.45, 7) is 5.35. The SMILES string of the molecule is CCOC(=O)C1CCN(C(=O)CSc2nnc(-c3ccc(C)cc3)o2)CC1. The van der Waals surface area contributed by atoms with Gasteiger partial charge in [-0.25, -0.2) is 0 Å². The number of aromatic nitrogens is 2. The molecule has 0 bridgehead atoms. The van der Waals surface area contributed by atoms with E-state index in [2.05, 4.69) is 10.2 Å². The predicted octanol–water partition coefficient (Wildman–Crippen LogP) is 2.94. The summed E-state index contributed by atoms with van der Waals surface area (Å²) in [6.07, 6.45) is 1.29. The number of carbonyl (C=O) groups excluding carboxylic acids is 2. The van der Waals surface area contributed by atoms with Crippen LogP contribution in [0.15, 0.2) is 33.9 Å². The molecule has 0 atom stereocenters. The molecule has 0 saturated carbocycles. The number of amides is 1. The van der Waals surface area contributed by atoms with Crippen molar-refractivity contribution in [2.45, 2.75) is 31.9 Å². The lowest BCUT2D eigenvalue weighted by Gasteiger charge is -2.30. The van der Waals surface area contributed by atoms with Gasteiger partial charge in [-0.2, -0.15) is 0 Å². The van der Waals surface area contributed by atoms with Crippen molar-refractivity contribution >= 4 is 23.6 Å². The van der Waals surface area contributed by atoms with E-state index in [1.165, 1.54) is 11.8 Å². The number of thioether (sulfide) groups is 1. The highest BCUT2D eigenvalue weighted by atomic mass is 32.2. The van der Waals surface area contributed by atoms with Gasteiger partial charge in [-0.15, -0.1) is 10.2 Å². The topological polar surface area (TPSA) is 85.5 Å². The first kappa shape index (κ1) is 19.4. The Morgan fingerprint density at radius 2 is 1.93 bits per heavy atom. The van der Waals surface area contributed by atoms with Gasteiger partial charge in [0, 0.05) is 18.7 Å². The normalized spacial score (nSPS) is 15.0. The second-order valence-corrected chi connectivity index (χ2v) is 7.36. The summed E-state index contributed by atoms with van der Waals surface area (Å²) in [6, 6.07) is 7.82. The number of rotatable bonds is 6. The zero-order chi connectivity index (χ0) is 19.2. The maximum Gasteiger partial charge on any atom is 0.309 e. The molecule has 2 aromatic rings. The van der Waals surface area contributed by atoms with Crippen LogP contribution < -0.4 is 0 Å². The number of hydrogen-bond donors (Lipinski definition) is 0. The molecule has 1 amide bonds. The van der Waals surface area contributed by atoms with Gasteiger partial charge in [0.1, 0.15) is 0 Å². The third-order valence-electron chi connectivity index (χ3n) is 4.49. The molecule has 1 aliphatic rings. The van der Waals surface area contributed by atoms with E-state index in [1.807, 2.05) is 31.2 Å². The maximum absolute atomic E-state index is 12.4. The highest BCUT2D eigenvalue weighted by Crippen LogP contribution is 2.25. The largest absolute Gasteiger partial charge is 0.466 e. The zero-order valence-corrected chi connectivity index (χ0v) is 16.3. The number of ether oxygens (including phenoxy) is 1. The van der Waals surface area contributed by atoms with Crippen LogP contribution in [0, 0.1) is 12.8 Å². The molecule has 7 nitrogen and oxygen atoms in total. The van der Waals surface area contributed by atoms with Crippen LogP contribution in [0.4, 0.5) is 0 Å². The van der Waals surface area contributed by atoms with Crippen LogP contribution in [0.3, 0.4) is 0 Å². The number of nitrogens with zero attached hydrogens (tertiary/aromatic N) is 3. The van der Waals surface area contributed by atoms with Crippen molar-refractivity contribution in [2.24, 2.45) is 5.92 Å². The van der Waals surface area contributed by atoms with Crippen LogP contribution in [0.2, 0.25) is 0 Å². The molecule has 8 heteroatoms. The van der Waals surface area contributed by atoms with E-state index in [1.54, 1.807) is 11.8 Å². The first-order chi connectivity index (χ1) is 13.1. The standard InChI is InChI=1S/C19H23N3O4S/c1-3-25-18(24)15-8-10-22(11-9-15)16(23)12-27-19-21-20-17(26-19)14-6-4-13(2)5-7-14/h4-7,15H,3,8-12H2,1-2H3.